The molecule has 42 heavy (non-hydrogen) atoms. The Bertz CT molecular complexity index is 1850. The quantitative estimate of drug-likeness (QED) is 0.153. The Balaban J connectivity index is 1.08. The lowest BCUT2D eigenvalue weighted by molar-refractivity contribution is 0.267. The average Bonchev–Trinajstić information content (AvgIpc) is 3.00. The van der Waals surface area contributed by atoms with Gasteiger partial charge in [0.2, 0.25) is 0 Å². The van der Waals surface area contributed by atoms with E-state index in [-0.39, 0.29) is 33.7 Å². The summed E-state index contributed by atoms with van der Waals surface area (Å²) in [6.45, 7) is 0.870. The number of fused-ring (bicyclic) bond motifs is 2. The molecule has 6 rings (SSSR count). The second-order valence-electron chi connectivity index (χ2n) is 9.91. The number of H-pyrrole nitrogens is 2. The molecule has 0 aliphatic carbocycles. The summed E-state index contributed by atoms with van der Waals surface area (Å²) in [5.41, 5.74) is 2.06. The van der Waals surface area contributed by atoms with Crippen molar-refractivity contribution in [3.63, 3.8) is 0 Å². The molecule has 4 N–H and O–H groups in total. The maximum absolute atomic E-state index is 12.6. The summed E-state index contributed by atoms with van der Waals surface area (Å²) >= 11 is 0. The Morgan fingerprint density at radius 2 is 0.952 bits per heavy atom. The van der Waals surface area contributed by atoms with E-state index in [0.29, 0.717) is 57.6 Å². The Morgan fingerprint density at radius 1 is 0.548 bits per heavy atom. The molecule has 8 heteroatoms. The van der Waals surface area contributed by atoms with Gasteiger partial charge in [-0.3, -0.25) is 9.59 Å². The molecule has 0 radical (unpaired) electrons. The minimum atomic E-state index is -0.355. The van der Waals surface area contributed by atoms with Gasteiger partial charge in [-0.15, -0.1) is 0 Å². The van der Waals surface area contributed by atoms with Crippen LogP contribution in [0.25, 0.3) is 44.1 Å². The van der Waals surface area contributed by atoms with Crippen LogP contribution in [-0.2, 0) is 0 Å². The SMILES string of the molecule is O=c1[nH]c2ccc(OCCCCOc3ccc4[nH]c(=O)c(-c5ccccc5)c(O)c4c3)cc2c(O)c1-c1ccccc1. The van der Waals surface area contributed by atoms with Gasteiger partial charge in [-0.2, -0.15) is 0 Å². The third-order valence-corrected chi connectivity index (χ3v) is 7.12. The maximum atomic E-state index is 12.6. The molecular formula is C34H28N2O6. The fourth-order valence-corrected chi connectivity index (χ4v) is 5.02. The smallest absolute Gasteiger partial charge is 0.260 e. The number of aromatic amines is 2. The molecule has 0 amide bonds. The molecule has 2 heterocycles. The summed E-state index contributed by atoms with van der Waals surface area (Å²) in [5.74, 6) is 0.997. The van der Waals surface area contributed by atoms with Crippen molar-refractivity contribution in [1.29, 1.82) is 0 Å². The van der Waals surface area contributed by atoms with Crippen LogP contribution in [0, 0.1) is 0 Å². The summed E-state index contributed by atoms with van der Waals surface area (Å²) in [4.78, 5) is 30.9. The van der Waals surface area contributed by atoms with Crippen molar-refractivity contribution in [2.75, 3.05) is 13.2 Å². The van der Waals surface area contributed by atoms with Gasteiger partial charge >= 0.3 is 0 Å². The van der Waals surface area contributed by atoms with Crippen LogP contribution < -0.4 is 20.6 Å². The molecule has 0 atom stereocenters. The lowest BCUT2D eigenvalue weighted by atomic mass is 10.0. The first-order chi connectivity index (χ1) is 20.5. The zero-order valence-electron chi connectivity index (χ0n) is 22.6. The number of rotatable bonds is 9. The highest BCUT2D eigenvalue weighted by molar-refractivity contribution is 5.93. The lowest BCUT2D eigenvalue weighted by Crippen LogP contribution is -2.09. The van der Waals surface area contributed by atoms with Crippen molar-refractivity contribution in [2.45, 2.75) is 12.8 Å². The minimum absolute atomic E-state index is 0.0832. The zero-order valence-corrected chi connectivity index (χ0v) is 22.6. The van der Waals surface area contributed by atoms with E-state index >= 15 is 0 Å². The molecular weight excluding hydrogens is 532 g/mol. The predicted molar refractivity (Wildman–Crippen MR) is 164 cm³/mol. The molecule has 0 aliphatic rings. The van der Waals surface area contributed by atoms with Crippen LogP contribution in [0.3, 0.4) is 0 Å². The molecule has 0 bridgehead atoms. The van der Waals surface area contributed by atoms with Gasteiger partial charge in [0.1, 0.15) is 23.0 Å². The fourth-order valence-electron chi connectivity index (χ4n) is 5.02. The van der Waals surface area contributed by atoms with Gasteiger partial charge in [-0.1, -0.05) is 60.7 Å². The topological polar surface area (TPSA) is 125 Å². The van der Waals surface area contributed by atoms with E-state index in [1.807, 2.05) is 36.4 Å². The molecule has 0 fully saturated rings. The molecule has 0 saturated carbocycles. The van der Waals surface area contributed by atoms with Crippen LogP contribution >= 0.6 is 0 Å². The molecule has 8 nitrogen and oxygen atoms in total. The van der Waals surface area contributed by atoms with Crippen LogP contribution in [0.1, 0.15) is 12.8 Å². The third kappa shape index (κ3) is 5.30. The molecule has 2 aromatic heterocycles. The van der Waals surface area contributed by atoms with E-state index in [4.69, 9.17) is 9.47 Å². The number of hydrogen-bond acceptors (Lipinski definition) is 6. The van der Waals surface area contributed by atoms with Gasteiger partial charge in [0.05, 0.1) is 35.4 Å². The Morgan fingerprint density at radius 3 is 1.36 bits per heavy atom. The van der Waals surface area contributed by atoms with Crippen molar-refractivity contribution in [1.82, 2.24) is 9.97 Å². The van der Waals surface area contributed by atoms with Gasteiger partial charge in [0.25, 0.3) is 11.1 Å². The first-order valence-electron chi connectivity index (χ1n) is 13.6. The van der Waals surface area contributed by atoms with E-state index in [1.165, 1.54) is 0 Å². The summed E-state index contributed by atoms with van der Waals surface area (Å²) in [5, 5.41) is 22.8. The molecule has 4 aromatic carbocycles. The average molecular weight is 561 g/mol. The van der Waals surface area contributed by atoms with E-state index in [1.54, 1.807) is 60.7 Å². The molecule has 0 unspecified atom stereocenters. The lowest BCUT2D eigenvalue weighted by Gasteiger charge is -2.12. The van der Waals surface area contributed by atoms with Crippen molar-refractivity contribution in [3.05, 3.63) is 118 Å². The molecule has 0 spiro atoms. The van der Waals surface area contributed by atoms with Crippen LogP contribution in [-0.4, -0.2) is 33.4 Å². The number of aromatic hydroxyl groups is 2. The number of hydrogen-bond donors (Lipinski definition) is 4. The minimum Gasteiger partial charge on any atom is -0.506 e. The van der Waals surface area contributed by atoms with Gasteiger partial charge in [-0.05, 0) is 60.4 Å². The van der Waals surface area contributed by atoms with Crippen LogP contribution in [0.2, 0.25) is 0 Å². The number of ether oxygens (including phenoxy) is 2. The van der Waals surface area contributed by atoms with Gasteiger partial charge < -0.3 is 29.7 Å². The van der Waals surface area contributed by atoms with Crippen molar-refractivity contribution in [2.24, 2.45) is 0 Å². The van der Waals surface area contributed by atoms with E-state index < -0.39 is 0 Å². The Kier molecular flexibility index (Phi) is 7.34. The Labute approximate surface area is 240 Å². The van der Waals surface area contributed by atoms with Gasteiger partial charge in [0.15, 0.2) is 0 Å². The first kappa shape index (κ1) is 26.7. The monoisotopic (exact) mass is 560 g/mol. The zero-order chi connectivity index (χ0) is 29.1. The molecule has 210 valence electrons. The number of pyridine rings is 2. The molecule has 0 aliphatic heterocycles. The predicted octanol–water partition coefficient (Wildman–Crippen LogP) is 6.35. The summed E-state index contributed by atoms with van der Waals surface area (Å²) in [6.07, 6.45) is 1.43. The highest BCUT2D eigenvalue weighted by atomic mass is 16.5. The van der Waals surface area contributed by atoms with Crippen LogP contribution in [0.15, 0.2) is 107 Å². The highest BCUT2D eigenvalue weighted by Gasteiger charge is 2.16. The largest absolute Gasteiger partial charge is 0.506 e. The van der Waals surface area contributed by atoms with Crippen LogP contribution in [0.4, 0.5) is 0 Å². The van der Waals surface area contributed by atoms with Crippen LogP contribution in [0.5, 0.6) is 23.0 Å². The number of nitrogens with one attached hydrogen (secondary N) is 2. The van der Waals surface area contributed by atoms with Gasteiger partial charge in [0, 0.05) is 10.8 Å². The highest BCUT2D eigenvalue weighted by Crippen LogP contribution is 2.35. The maximum Gasteiger partial charge on any atom is 0.260 e. The summed E-state index contributed by atoms with van der Waals surface area (Å²) in [7, 11) is 0. The fraction of sp³-hybridized carbons (Fsp3) is 0.118. The normalized spacial score (nSPS) is 11.1. The van der Waals surface area contributed by atoms with Crippen molar-refractivity contribution in [3.8, 4) is 45.3 Å². The number of aromatic nitrogens is 2. The second-order valence-corrected chi connectivity index (χ2v) is 9.91. The summed E-state index contributed by atoms with van der Waals surface area (Å²) in [6, 6.07) is 28.5. The second kappa shape index (κ2) is 11.5. The number of benzene rings is 4. The summed E-state index contributed by atoms with van der Waals surface area (Å²) < 4.78 is 11.8. The molecule has 6 aromatic rings. The van der Waals surface area contributed by atoms with E-state index in [2.05, 4.69) is 9.97 Å². The first-order valence-corrected chi connectivity index (χ1v) is 13.6. The van der Waals surface area contributed by atoms with Gasteiger partial charge in [-0.25, -0.2) is 0 Å². The molecule has 0 saturated heterocycles. The number of unbranched alkanes of at least 4 members (excludes halogenated alkanes) is 1. The van der Waals surface area contributed by atoms with E-state index in [0.717, 1.165) is 12.8 Å². The Hall–Kier alpha value is -5.50. The van der Waals surface area contributed by atoms with E-state index in [9.17, 15) is 19.8 Å². The third-order valence-electron chi connectivity index (χ3n) is 7.12. The standard InChI is InChI=1S/C34H28N2O6/c37-31-25-19-23(13-15-27(25)35-33(39)29(31)21-9-3-1-4-10-21)41-17-7-8-18-42-24-14-16-28-26(20-24)32(38)30(34(40)36-28)22-11-5-2-6-12-22/h1-6,9-16,19-20H,7-8,17-18H2,(H2,35,37,39)(H2,36,38,40). The van der Waals surface area contributed by atoms with Crippen molar-refractivity contribution < 1.29 is 19.7 Å². The van der Waals surface area contributed by atoms with Crippen molar-refractivity contribution >= 4 is 21.8 Å².